The zero-order chi connectivity index (χ0) is 18.0. The van der Waals surface area contributed by atoms with Gasteiger partial charge in [0.2, 0.25) is 5.91 Å². The molecule has 1 aliphatic rings. The Kier molecular flexibility index (Phi) is 4.69. The van der Waals surface area contributed by atoms with Crippen LogP contribution in [0.15, 0.2) is 36.5 Å². The molecule has 8 heteroatoms. The van der Waals surface area contributed by atoms with Crippen LogP contribution in [0.3, 0.4) is 0 Å². The van der Waals surface area contributed by atoms with Crippen molar-refractivity contribution in [1.82, 2.24) is 20.0 Å². The third kappa shape index (κ3) is 3.47. The Labute approximate surface area is 145 Å². The van der Waals surface area contributed by atoms with Gasteiger partial charge in [0, 0.05) is 45.6 Å². The predicted molar refractivity (Wildman–Crippen MR) is 90.7 cm³/mol. The Morgan fingerprint density at radius 2 is 1.92 bits per heavy atom. The largest absolute Gasteiger partial charge is 0.367 e. The highest BCUT2D eigenvalue weighted by Gasteiger charge is 2.36. The van der Waals surface area contributed by atoms with E-state index >= 15 is 0 Å². The second-order valence-electron chi connectivity index (χ2n) is 5.93. The molecule has 1 fully saturated rings. The van der Waals surface area contributed by atoms with E-state index < -0.39 is 6.04 Å². The number of nitrogens with zero attached hydrogens (tertiary/aromatic N) is 4. The van der Waals surface area contributed by atoms with Gasteiger partial charge >= 0.3 is 0 Å². The molecule has 1 N–H and O–H groups in total. The number of likely N-dealkylation sites (N-methyl/N-ethyl adjacent to an activating group) is 1. The molecule has 1 aliphatic heterocycles. The lowest BCUT2D eigenvalue weighted by Gasteiger charge is -2.41. The maximum atomic E-state index is 13.1. The lowest BCUT2D eigenvalue weighted by atomic mass is 10.1. The number of hydrogen-bond donors (Lipinski definition) is 1. The summed E-state index contributed by atoms with van der Waals surface area (Å²) < 4.78 is 14.7. The summed E-state index contributed by atoms with van der Waals surface area (Å²) in [5, 5.41) is 6.74. The molecular weight excluding hydrogens is 325 g/mol. The maximum Gasteiger partial charge on any atom is 0.275 e. The minimum Gasteiger partial charge on any atom is -0.367 e. The van der Waals surface area contributed by atoms with Gasteiger partial charge in [-0.2, -0.15) is 5.10 Å². The van der Waals surface area contributed by atoms with Crippen LogP contribution in [0.1, 0.15) is 10.5 Å². The number of nitrogens with one attached hydrogen (secondary N) is 1. The van der Waals surface area contributed by atoms with E-state index in [4.69, 9.17) is 0 Å². The van der Waals surface area contributed by atoms with Crippen LogP contribution in [0, 0.1) is 5.82 Å². The van der Waals surface area contributed by atoms with Gasteiger partial charge in [0.15, 0.2) is 0 Å². The first-order chi connectivity index (χ1) is 12.0. The summed E-state index contributed by atoms with van der Waals surface area (Å²) in [5.74, 6) is -0.820. The number of aryl methyl sites for hydroxylation is 1. The van der Waals surface area contributed by atoms with Gasteiger partial charge in [-0.1, -0.05) is 0 Å². The predicted octanol–water partition coefficient (Wildman–Crippen LogP) is 0.636. The van der Waals surface area contributed by atoms with Crippen molar-refractivity contribution in [1.29, 1.82) is 0 Å². The van der Waals surface area contributed by atoms with E-state index in [-0.39, 0.29) is 17.6 Å². The van der Waals surface area contributed by atoms with E-state index in [1.807, 2.05) is 4.90 Å². The minimum atomic E-state index is -0.640. The van der Waals surface area contributed by atoms with Crippen LogP contribution in [0.5, 0.6) is 0 Å². The normalized spacial score (nSPS) is 17.5. The van der Waals surface area contributed by atoms with Crippen molar-refractivity contribution >= 4 is 17.5 Å². The van der Waals surface area contributed by atoms with Gasteiger partial charge in [0.1, 0.15) is 17.6 Å². The highest BCUT2D eigenvalue weighted by molar-refractivity contribution is 5.96. The molecule has 3 rings (SSSR count). The third-order valence-electron chi connectivity index (χ3n) is 4.31. The Balaban J connectivity index is 1.82. The molecule has 1 unspecified atom stereocenters. The molecule has 0 spiro atoms. The SMILES string of the molecule is CNC(=O)C1CN(c2ccc(F)cc2)CCN1C(=O)c1ccn(C)n1. The summed E-state index contributed by atoms with van der Waals surface area (Å²) in [6, 6.07) is 7.11. The smallest absolute Gasteiger partial charge is 0.275 e. The van der Waals surface area contributed by atoms with Gasteiger partial charge in [-0.15, -0.1) is 0 Å². The van der Waals surface area contributed by atoms with Crippen molar-refractivity contribution in [3.05, 3.63) is 48.0 Å². The van der Waals surface area contributed by atoms with Crippen molar-refractivity contribution in [2.24, 2.45) is 7.05 Å². The molecule has 2 aromatic rings. The average Bonchev–Trinajstić information content (AvgIpc) is 3.07. The maximum absolute atomic E-state index is 13.1. The Morgan fingerprint density at radius 3 is 2.52 bits per heavy atom. The van der Waals surface area contributed by atoms with Gasteiger partial charge in [0.25, 0.3) is 5.91 Å². The number of rotatable bonds is 3. The first-order valence-corrected chi connectivity index (χ1v) is 8.02. The third-order valence-corrected chi connectivity index (χ3v) is 4.31. The van der Waals surface area contributed by atoms with Gasteiger partial charge in [-0.05, 0) is 30.3 Å². The molecular formula is C17H20FN5O2. The number of piperazine rings is 1. The van der Waals surface area contributed by atoms with E-state index in [1.54, 1.807) is 48.1 Å². The van der Waals surface area contributed by atoms with Crippen LogP contribution in [-0.4, -0.2) is 59.2 Å². The lowest BCUT2D eigenvalue weighted by Crippen LogP contribution is -2.60. The first kappa shape index (κ1) is 16.9. The molecule has 0 saturated carbocycles. The van der Waals surface area contributed by atoms with E-state index in [0.29, 0.717) is 25.3 Å². The molecule has 2 heterocycles. The molecule has 0 bridgehead atoms. The number of benzene rings is 1. The fourth-order valence-corrected chi connectivity index (χ4v) is 2.98. The first-order valence-electron chi connectivity index (χ1n) is 8.02. The summed E-state index contributed by atoms with van der Waals surface area (Å²) in [5.41, 5.74) is 1.13. The number of halogens is 1. The fourth-order valence-electron chi connectivity index (χ4n) is 2.98. The summed E-state index contributed by atoms with van der Waals surface area (Å²) in [6.45, 7) is 1.27. The Bertz CT molecular complexity index is 774. The van der Waals surface area contributed by atoms with E-state index in [2.05, 4.69) is 10.4 Å². The van der Waals surface area contributed by atoms with Crippen molar-refractivity contribution in [3.8, 4) is 0 Å². The summed E-state index contributed by atoms with van der Waals surface area (Å²) in [6.07, 6.45) is 1.69. The highest BCUT2D eigenvalue weighted by atomic mass is 19.1. The molecule has 7 nitrogen and oxygen atoms in total. The van der Waals surface area contributed by atoms with E-state index in [9.17, 15) is 14.0 Å². The van der Waals surface area contributed by atoms with E-state index in [0.717, 1.165) is 5.69 Å². The highest BCUT2D eigenvalue weighted by Crippen LogP contribution is 2.21. The van der Waals surface area contributed by atoms with Crippen molar-refractivity contribution in [2.45, 2.75) is 6.04 Å². The van der Waals surface area contributed by atoms with Crippen LogP contribution in [-0.2, 0) is 11.8 Å². The number of amides is 2. The molecule has 0 aliphatic carbocycles. The van der Waals surface area contributed by atoms with Gasteiger partial charge in [-0.25, -0.2) is 4.39 Å². The Morgan fingerprint density at radius 1 is 1.20 bits per heavy atom. The second kappa shape index (κ2) is 6.92. The zero-order valence-electron chi connectivity index (χ0n) is 14.1. The number of hydrogen-bond acceptors (Lipinski definition) is 4. The molecule has 25 heavy (non-hydrogen) atoms. The molecule has 1 atom stereocenters. The van der Waals surface area contributed by atoms with Crippen LogP contribution in [0.4, 0.5) is 10.1 Å². The van der Waals surface area contributed by atoms with Crippen LogP contribution in [0.2, 0.25) is 0 Å². The monoisotopic (exact) mass is 345 g/mol. The number of anilines is 1. The van der Waals surface area contributed by atoms with Crippen molar-refractivity contribution in [3.63, 3.8) is 0 Å². The summed E-state index contributed by atoms with van der Waals surface area (Å²) in [4.78, 5) is 28.6. The van der Waals surface area contributed by atoms with Crippen LogP contribution in [0.25, 0.3) is 0 Å². The van der Waals surface area contributed by atoms with Gasteiger partial charge in [-0.3, -0.25) is 14.3 Å². The van der Waals surface area contributed by atoms with Crippen molar-refractivity contribution < 1.29 is 14.0 Å². The summed E-state index contributed by atoms with van der Waals surface area (Å²) >= 11 is 0. The number of aromatic nitrogens is 2. The molecule has 1 aromatic heterocycles. The minimum absolute atomic E-state index is 0.240. The lowest BCUT2D eigenvalue weighted by molar-refractivity contribution is -0.125. The van der Waals surface area contributed by atoms with Crippen molar-refractivity contribution in [2.75, 3.05) is 31.6 Å². The molecule has 1 aromatic carbocycles. The Hall–Kier alpha value is -2.90. The molecule has 2 amide bonds. The molecule has 132 valence electrons. The molecule has 1 saturated heterocycles. The van der Waals surface area contributed by atoms with E-state index in [1.165, 1.54) is 12.1 Å². The number of carbonyl (C=O) groups is 2. The van der Waals surface area contributed by atoms with Crippen LogP contribution >= 0.6 is 0 Å². The molecule has 0 radical (unpaired) electrons. The van der Waals surface area contributed by atoms with Gasteiger partial charge in [0.05, 0.1) is 0 Å². The second-order valence-corrected chi connectivity index (χ2v) is 5.93. The standard InChI is InChI=1S/C17H20FN5O2/c1-19-16(24)15-11-22(13-5-3-12(18)4-6-13)9-10-23(15)17(25)14-7-8-21(2)20-14/h3-8,15H,9-11H2,1-2H3,(H,19,24). The van der Waals surface area contributed by atoms with Crippen LogP contribution < -0.4 is 10.2 Å². The average molecular weight is 345 g/mol. The summed E-state index contributed by atoms with van der Waals surface area (Å²) in [7, 11) is 3.28. The topological polar surface area (TPSA) is 70.5 Å². The quantitative estimate of drug-likeness (QED) is 0.886. The van der Waals surface area contributed by atoms with Gasteiger partial charge < -0.3 is 15.1 Å². The fraction of sp³-hybridized carbons (Fsp3) is 0.353. The number of carbonyl (C=O) groups excluding carboxylic acids is 2. The zero-order valence-corrected chi connectivity index (χ0v) is 14.1.